The second-order valence-electron chi connectivity index (χ2n) is 5.28. The maximum absolute atomic E-state index is 11.3. The lowest BCUT2D eigenvalue weighted by atomic mass is 10.2. The number of nitrogens with zero attached hydrogens (tertiary/aromatic N) is 2. The molecule has 2 aliphatic rings. The summed E-state index contributed by atoms with van der Waals surface area (Å²) in [7, 11) is 0. The Morgan fingerprint density at radius 3 is 3.00 bits per heavy atom. The second kappa shape index (κ2) is 5.56. The molecule has 1 aromatic rings. The van der Waals surface area contributed by atoms with Crippen molar-refractivity contribution in [3.05, 3.63) is 15.6 Å². The molecule has 1 aromatic heterocycles. The van der Waals surface area contributed by atoms with Crippen molar-refractivity contribution < 1.29 is 9.90 Å². The van der Waals surface area contributed by atoms with Crippen LogP contribution in [-0.2, 0) is 6.54 Å². The van der Waals surface area contributed by atoms with Crippen molar-refractivity contribution in [1.29, 1.82) is 0 Å². The fourth-order valence-corrected chi connectivity index (χ4v) is 3.51. The minimum atomic E-state index is -0.816. The first-order valence-corrected chi connectivity index (χ1v) is 7.71. The van der Waals surface area contributed by atoms with Crippen molar-refractivity contribution in [1.82, 2.24) is 15.2 Å². The maximum Gasteiger partial charge on any atom is 0.347 e. The number of carbonyl (C=O) groups is 1. The van der Waals surface area contributed by atoms with Gasteiger partial charge in [0.05, 0.1) is 12.2 Å². The Bertz CT molecular complexity index is 462. The van der Waals surface area contributed by atoms with Gasteiger partial charge in [0.2, 0.25) is 0 Å². The molecule has 2 heterocycles. The Labute approximate surface area is 116 Å². The van der Waals surface area contributed by atoms with Crippen LogP contribution in [0.4, 0.5) is 0 Å². The second-order valence-corrected chi connectivity index (χ2v) is 6.36. The van der Waals surface area contributed by atoms with Crippen LogP contribution < -0.4 is 5.32 Å². The highest BCUT2D eigenvalue weighted by Gasteiger charge is 2.32. The van der Waals surface area contributed by atoms with E-state index in [4.69, 9.17) is 0 Å². The molecule has 3 rings (SSSR count). The molecule has 19 heavy (non-hydrogen) atoms. The minimum absolute atomic E-state index is 0.405. The van der Waals surface area contributed by atoms with Gasteiger partial charge in [-0.15, -0.1) is 11.3 Å². The number of carboxylic acid groups (broad SMARTS) is 1. The molecule has 5 nitrogen and oxygen atoms in total. The molecule has 6 heteroatoms. The molecule has 1 aliphatic carbocycles. The van der Waals surface area contributed by atoms with Gasteiger partial charge in [0.1, 0.15) is 9.88 Å². The van der Waals surface area contributed by atoms with E-state index in [1.165, 1.54) is 11.3 Å². The minimum Gasteiger partial charge on any atom is -0.477 e. The lowest BCUT2D eigenvalue weighted by Crippen LogP contribution is -2.27. The van der Waals surface area contributed by atoms with Crippen LogP contribution in [-0.4, -0.2) is 47.1 Å². The van der Waals surface area contributed by atoms with Gasteiger partial charge in [0.15, 0.2) is 0 Å². The van der Waals surface area contributed by atoms with Gasteiger partial charge in [-0.2, -0.15) is 0 Å². The zero-order valence-corrected chi connectivity index (χ0v) is 11.7. The van der Waals surface area contributed by atoms with Crippen molar-refractivity contribution in [2.75, 3.05) is 26.2 Å². The molecule has 0 unspecified atom stereocenters. The average molecular weight is 281 g/mol. The van der Waals surface area contributed by atoms with Crippen LogP contribution in [0.3, 0.4) is 0 Å². The van der Waals surface area contributed by atoms with Crippen LogP contribution in [0.1, 0.15) is 45.6 Å². The molecule has 2 fully saturated rings. The summed E-state index contributed by atoms with van der Waals surface area (Å²) in [5, 5.41) is 13.6. The van der Waals surface area contributed by atoms with E-state index >= 15 is 0 Å². The molecule has 0 atom stereocenters. The van der Waals surface area contributed by atoms with E-state index in [2.05, 4.69) is 15.2 Å². The van der Waals surface area contributed by atoms with Crippen LogP contribution >= 0.6 is 11.3 Å². The Morgan fingerprint density at radius 2 is 2.26 bits per heavy atom. The van der Waals surface area contributed by atoms with Crippen molar-refractivity contribution in [2.24, 2.45) is 0 Å². The monoisotopic (exact) mass is 281 g/mol. The maximum atomic E-state index is 11.3. The van der Waals surface area contributed by atoms with Crippen molar-refractivity contribution in [3.63, 3.8) is 0 Å². The number of nitrogens with one attached hydrogen (secondary N) is 1. The number of thiazole rings is 1. The smallest absolute Gasteiger partial charge is 0.347 e. The zero-order valence-electron chi connectivity index (χ0n) is 10.9. The molecule has 0 bridgehead atoms. The van der Waals surface area contributed by atoms with Crippen LogP contribution in [0.5, 0.6) is 0 Å². The lowest BCUT2D eigenvalue weighted by molar-refractivity contribution is 0.0700. The fourth-order valence-electron chi connectivity index (χ4n) is 2.48. The van der Waals surface area contributed by atoms with Gasteiger partial charge >= 0.3 is 5.97 Å². The SMILES string of the molecule is O=C(O)c1sc(CN2CCCNCC2)nc1C1CC1. The highest BCUT2D eigenvalue weighted by Crippen LogP contribution is 2.42. The molecule has 2 N–H and O–H groups in total. The first-order chi connectivity index (χ1) is 9.24. The highest BCUT2D eigenvalue weighted by atomic mass is 32.1. The molecule has 104 valence electrons. The Kier molecular flexibility index (Phi) is 3.81. The largest absolute Gasteiger partial charge is 0.477 e. The van der Waals surface area contributed by atoms with Crippen LogP contribution in [0.25, 0.3) is 0 Å². The van der Waals surface area contributed by atoms with Gasteiger partial charge in [-0.25, -0.2) is 9.78 Å². The topological polar surface area (TPSA) is 65.5 Å². The van der Waals surface area contributed by atoms with E-state index < -0.39 is 5.97 Å². The lowest BCUT2D eigenvalue weighted by Gasteiger charge is -2.17. The number of rotatable bonds is 4. The number of hydrogen-bond acceptors (Lipinski definition) is 5. The predicted molar refractivity (Wildman–Crippen MR) is 73.8 cm³/mol. The molecule has 1 saturated heterocycles. The number of aromatic nitrogens is 1. The van der Waals surface area contributed by atoms with Gasteiger partial charge in [-0.3, -0.25) is 4.90 Å². The van der Waals surface area contributed by atoms with Gasteiger partial charge in [0, 0.05) is 19.0 Å². The van der Waals surface area contributed by atoms with Gasteiger partial charge in [-0.1, -0.05) is 0 Å². The quantitative estimate of drug-likeness (QED) is 0.876. The molecule has 0 aromatic carbocycles. The van der Waals surface area contributed by atoms with Gasteiger partial charge < -0.3 is 10.4 Å². The van der Waals surface area contributed by atoms with E-state index in [9.17, 15) is 9.90 Å². The van der Waals surface area contributed by atoms with Crippen molar-refractivity contribution >= 4 is 17.3 Å². The summed E-state index contributed by atoms with van der Waals surface area (Å²) in [6.07, 6.45) is 3.33. The molecule has 1 aliphatic heterocycles. The van der Waals surface area contributed by atoms with E-state index in [0.29, 0.717) is 10.8 Å². The Balaban J connectivity index is 1.73. The molecule has 0 spiro atoms. The number of carboxylic acids is 1. The Hall–Kier alpha value is -0.980. The van der Waals surface area contributed by atoms with Gasteiger partial charge in [-0.05, 0) is 32.4 Å². The third-order valence-corrected chi connectivity index (χ3v) is 4.69. The summed E-state index contributed by atoms with van der Waals surface area (Å²) in [5.74, 6) is -0.412. The predicted octanol–water partition coefficient (Wildman–Crippen LogP) is 1.51. The zero-order chi connectivity index (χ0) is 13.2. The third-order valence-electron chi connectivity index (χ3n) is 3.65. The summed E-state index contributed by atoms with van der Waals surface area (Å²) < 4.78 is 0. The normalized spacial score (nSPS) is 21.3. The van der Waals surface area contributed by atoms with Crippen molar-refractivity contribution in [3.8, 4) is 0 Å². The number of hydrogen-bond donors (Lipinski definition) is 2. The average Bonchev–Trinajstić information content (AvgIpc) is 3.16. The molecule has 0 amide bonds. The van der Waals surface area contributed by atoms with E-state index in [-0.39, 0.29) is 0 Å². The van der Waals surface area contributed by atoms with Crippen molar-refractivity contribution in [2.45, 2.75) is 31.7 Å². The summed E-state index contributed by atoms with van der Waals surface area (Å²) in [6.45, 7) is 4.95. The number of aromatic carboxylic acids is 1. The highest BCUT2D eigenvalue weighted by molar-refractivity contribution is 7.13. The summed E-state index contributed by atoms with van der Waals surface area (Å²) in [5.41, 5.74) is 0.834. The molecule has 1 saturated carbocycles. The molecular formula is C13H19N3O2S. The third kappa shape index (κ3) is 3.13. The van der Waals surface area contributed by atoms with E-state index in [1.807, 2.05) is 0 Å². The van der Waals surface area contributed by atoms with Crippen LogP contribution in [0, 0.1) is 0 Å². The molecule has 0 radical (unpaired) electrons. The summed E-state index contributed by atoms with van der Waals surface area (Å²) in [6, 6.07) is 0. The summed E-state index contributed by atoms with van der Waals surface area (Å²) >= 11 is 1.36. The first-order valence-electron chi connectivity index (χ1n) is 6.90. The standard InChI is InChI=1S/C13H19N3O2S/c17-13(18)12-11(9-2-3-9)15-10(19-12)8-16-6-1-4-14-5-7-16/h9,14H,1-8H2,(H,17,18). The van der Waals surface area contributed by atoms with E-state index in [0.717, 1.165) is 62.7 Å². The summed E-state index contributed by atoms with van der Waals surface area (Å²) in [4.78, 5) is 18.7. The fraction of sp³-hybridized carbons (Fsp3) is 0.692. The van der Waals surface area contributed by atoms with Gasteiger partial charge in [0.25, 0.3) is 0 Å². The van der Waals surface area contributed by atoms with Crippen LogP contribution in [0.2, 0.25) is 0 Å². The van der Waals surface area contributed by atoms with E-state index in [1.54, 1.807) is 0 Å². The van der Waals surface area contributed by atoms with Crippen LogP contribution in [0.15, 0.2) is 0 Å². The Morgan fingerprint density at radius 1 is 1.42 bits per heavy atom. The first kappa shape index (κ1) is 13.0. The molecular weight excluding hydrogens is 262 g/mol.